The summed E-state index contributed by atoms with van der Waals surface area (Å²) in [6, 6.07) is 9.01. The number of rotatable bonds is 3. The number of hydrogen-bond donors (Lipinski definition) is 1. The van der Waals surface area contributed by atoms with E-state index in [0.29, 0.717) is 51.9 Å². The summed E-state index contributed by atoms with van der Waals surface area (Å²) in [4.78, 5) is 26.6. The molecule has 0 aromatic heterocycles. The average Bonchev–Trinajstić information content (AvgIpc) is 2.70. The van der Waals surface area contributed by atoms with Crippen molar-refractivity contribution in [1.29, 1.82) is 0 Å². The van der Waals surface area contributed by atoms with Gasteiger partial charge in [0.15, 0.2) is 5.11 Å². The molecule has 1 saturated heterocycles. The van der Waals surface area contributed by atoms with E-state index in [4.69, 9.17) is 47.0 Å². The molecule has 3 rings (SSSR count). The Labute approximate surface area is 187 Å². The molecule has 1 heterocycles. The highest BCUT2D eigenvalue weighted by Crippen LogP contribution is 2.30. The molecule has 0 spiro atoms. The molecule has 0 radical (unpaired) electrons. The second-order valence-electron chi connectivity index (χ2n) is 6.26. The van der Waals surface area contributed by atoms with Crippen molar-refractivity contribution < 1.29 is 9.72 Å². The van der Waals surface area contributed by atoms with Gasteiger partial charge in [0, 0.05) is 43.9 Å². The molecule has 0 unspecified atom stereocenters. The van der Waals surface area contributed by atoms with Gasteiger partial charge in [-0.2, -0.15) is 0 Å². The van der Waals surface area contributed by atoms with E-state index in [-0.39, 0.29) is 11.6 Å². The van der Waals surface area contributed by atoms with E-state index in [9.17, 15) is 14.9 Å². The summed E-state index contributed by atoms with van der Waals surface area (Å²) in [6.07, 6.45) is 0. The molecule has 2 aromatic carbocycles. The minimum absolute atomic E-state index is 0.0522. The predicted molar refractivity (Wildman–Crippen MR) is 118 cm³/mol. The third-order valence-corrected chi connectivity index (χ3v) is 5.85. The Kier molecular flexibility index (Phi) is 6.79. The number of carbonyl (C=O) groups excluding carboxylic acids is 1. The van der Waals surface area contributed by atoms with E-state index >= 15 is 0 Å². The molecular formula is C18H15Cl3N4O3S. The third kappa shape index (κ3) is 5.08. The third-order valence-electron chi connectivity index (χ3n) is 4.45. The molecule has 0 saturated carbocycles. The molecule has 0 atom stereocenters. The maximum absolute atomic E-state index is 12.4. The number of benzene rings is 2. The number of nitro groups is 1. The number of hydrogen-bond acceptors (Lipinski definition) is 5. The van der Waals surface area contributed by atoms with Gasteiger partial charge in [-0.1, -0.05) is 34.8 Å². The number of anilines is 1. The number of thiocarbonyl (C=S) groups is 1. The Morgan fingerprint density at radius 3 is 2.28 bits per heavy atom. The van der Waals surface area contributed by atoms with Crippen molar-refractivity contribution in [1.82, 2.24) is 10.2 Å². The van der Waals surface area contributed by atoms with Crippen LogP contribution in [-0.4, -0.2) is 47.0 Å². The van der Waals surface area contributed by atoms with Crippen LogP contribution in [0.3, 0.4) is 0 Å². The largest absolute Gasteiger partial charge is 0.367 e. The lowest BCUT2D eigenvalue weighted by Gasteiger charge is -2.37. The number of carbonyl (C=O) groups is 1. The summed E-state index contributed by atoms with van der Waals surface area (Å²) in [6.45, 7) is 2.32. The lowest BCUT2D eigenvalue weighted by molar-refractivity contribution is -0.384. The van der Waals surface area contributed by atoms with E-state index in [1.807, 2.05) is 9.80 Å². The van der Waals surface area contributed by atoms with E-state index in [1.54, 1.807) is 18.2 Å². The highest BCUT2D eigenvalue weighted by molar-refractivity contribution is 7.80. The van der Waals surface area contributed by atoms with Crippen molar-refractivity contribution >= 4 is 69.4 Å². The van der Waals surface area contributed by atoms with Crippen molar-refractivity contribution in [3.05, 3.63) is 67.1 Å². The molecule has 7 nitrogen and oxygen atoms in total. The van der Waals surface area contributed by atoms with Gasteiger partial charge in [0.1, 0.15) is 0 Å². The normalized spacial score (nSPS) is 13.9. The van der Waals surface area contributed by atoms with Crippen molar-refractivity contribution in [2.45, 2.75) is 0 Å². The molecule has 1 aliphatic rings. The average molecular weight is 474 g/mol. The zero-order valence-electron chi connectivity index (χ0n) is 14.9. The molecule has 152 valence electrons. The molecule has 1 aliphatic heterocycles. The zero-order chi connectivity index (χ0) is 21.1. The van der Waals surface area contributed by atoms with Gasteiger partial charge in [-0.05, 0) is 36.5 Å². The van der Waals surface area contributed by atoms with Crippen molar-refractivity contribution in [2.24, 2.45) is 0 Å². The number of nitrogens with zero attached hydrogens (tertiary/aromatic N) is 3. The Morgan fingerprint density at radius 2 is 1.69 bits per heavy atom. The molecule has 11 heteroatoms. The second kappa shape index (κ2) is 9.13. The number of nitrogens with one attached hydrogen (secondary N) is 1. The van der Waals surface area contributed by atoms with Gasteiger partial charge in [0.2, 0.25) is 0 Å². The summed E-state index contributed by atoms with van der Waals surface area (Å²) in [5, 5.41) is 14.8. The van der Waals surface area contributed by atoms with Gasteiger partial charge in [0.25, 0.3) is 11.6 Å². The van der Waals surface area contributed by atoms with Crippen molar-refractivity contribution in [3.8, 4) is 0 Å². The molecule has 0 aliphatic carbocycles. The lowest BCUT2D eigenvalue weighted by Crippen LogP contribution is -2.52. The lowest BCUT2D eigenvalue weighted by atomic mass is 10.2. The SMILES string of the molecule is O=C(NC(=S)N1CCN(c2ccc([N+](=O)[O-])cc2Cl)CC1)c1ccc(Cl)c(Cl)c1. The first kappa shape index (κ1) is 21.6. The van der Waals surface area contributed by atoms with Crippen LogP contribution in [-0.2, 0) is 0 Å². The highest BCUT2D eigenvalue weighted by Gasteiger charge is 2.23. The number of piperazine rings is 1. The number of non-ortho nitro benzene ring substituents is 1. The minimum atomic E-state index is -0.484. The van der Waals surface area contributed by atoms with Crippen molar-refractivity contribution in [2.75, 3.05) is 31.1 Å². The van der Waals surface area contributed by atoms with E-state index < -0.39 is 4.92 Å². The topological polar surface area (TPSA) is 78.7 Å². The van der Waals surface area contributed by atoms with Crippen LogP contribution in [0.2, 0.25) is 15.1 Å². The Hall–Kier alpha value is -2.13. The summed E-state index contributed by atoms with van der Waals surface area (Å²) < 4.78 is 0. The Morgan fingerprint density at radius 1 is 1.00 bits per heavy atom. The smallest absolute Gasteiger partial charge is 0.271 e. The number of nitro benzene ring substituents is 1. The Balaban J connectivity index is 1.58. The highest BCUT2D eigenvalue weighted by atomic mass is 35.5. The molecule has 1 N–H and O–H groups in total. The monoisotopic (exact) mass is 472 g/mol. The number of halogens is 3. The molecule has 1 fully saturated rings. The molecule has 29 heavy (non-hydrogen) atoms. The van der Waals surface area contributed by atoms with Gasteiger partial charge in [-0.25, -0.2) is 0 Å². The van der Waals surface area contributed by atoms with Crippen LogP contribution < -0.4 is 10.2 Å². The van der Waals surface area contributed by atoms with E-state index in [1.165, 1.54) is 18.2 Å². The van der Waals surface area contributed by atoms with Crippen molar-refractivity contribution in [3.63, 3.8) is 0 Å². The van der Waals surface area contributed by atoms with E-state index in [2.05, 4.69) is 5.32 Å². The van der Waals surface area contributed by atoms with Crippen LogP contribution in [0.5, 0.6) is 0 Å². The van der Waals surface area contributed by atoms with Crippen LogP contribution in [0.1, 0.15) is 10.4 Å². The standard InChI is InChI=1S/C18H15Cl3N4O3S/c19-13-3-1-11(9-14(13)20)17(26)22-18(29)24-7-5-23(6-8-24)16-4-2-12(25(27)28)10-15(16)21/h1-4,9-10H,5-8H2,(H,22,26,29). The van der Waals surface area contributed by atoms with Gasteiger partial charge < -0.3 is 9.80 Å². The summed E-state index contributed by atoms with van der Waals surface area (Å²) >= 11 is 23.4. The van der Waals surface area contributed by atoms with Crippen LogP contribution in [0.25, 0.3) is 0 Å². The first-order valence-corrected chi connectivity index (χ1v) is 10.0. The predicted octanol–water partition coefficient (Wildman–Crippen LogP) is 4.39. The van der Waals surface area contributed by atoms with Crippen LogP contribution in [0.15, 0.2) is 36.4 Å². The fourth-order valence-corrected chi connectivity index (χ4v) is 3.77. The second-order valence-corrected chi connectivity index (χ2v) is 7.86. The van der Waals surface area contributed by atoms with Gasteiger partial charge >= 0.3 is 0 Å². The van der Waals surface area contributed by atoms with Crippen LogP contribution in [0.4, 0.5) is 11.4 Å². The molecule has 0 bridgehead atoms. The molecule has 1 amide bonds. The van der Waals surface area contributed by atoms with E-state index in [0.717, 1.165) is 5.69 Å². The quantitative estimate of drug-likeness (QED) is 0.405. The first-order valence-electron chi connectivity index (χ1n) is 8.50. The number of amides is 1. The van der Waals surface area contributed by atoms with Crippen LogP contribution >= 0.6 is 47.0 Å². The van der Waals surface area contributed by atoms with Gasteiger partial charge in [-0.15, -0.1) is 0 Å². The Bertz CT molecular complexity index is 981. The van der Waals surface area contributed by atoms with Gasteiger partial charge in [0.05, 0.1) is 25.7 Å². The maximum atomic E-state index is 12.4. The fraction of sp³-hybridized carbons (Fsp3) is 0.222. The minimum Gasteiger partial charge on any atom is -0.367 e. The molecular weight excluding hydrogens is 459 g/mol. The summed E-state index contributed by atoms with van der Waals surface area (Å²) in [7, 11) is 0. The summed E-state index contributed by atoms with van der Waals surface area (Å²) in [5.74, 6) is -0.366. The van der Waals surface area contributed by atoms with Gasteiger partial charge in [-0.3, -0.25) is 20.2 Å². The molecule has 2 aromatic rings. The first-order chi connectivity index (χ1) is 13.8. The fourth-order valence-electron chi connectivity index (χ4n) is 2.90. The summed E-state index contributed by atoms with van der Waals surface area (Å²) in [5.41, 5.74) is 1.03. The maximum Gasteiger partial charge on any atom is 0.271 e. The van der Waals surface area contributed by atoms with Crippen LogP contribution in [0, 0.1) is 10.1 Å². The zero-order valence-corrected chi connectivity index (χ0v) is 18.0.